The molecule has 0 aliphatic heterocycles. The van der Waals surface area contributed by atoms with Crippen LogP contribution in [0.1, 0.15) is 41.4 Å². The molecule has 0 atom stereocenters. The third-order valence-electron chi connectivity index (χ3n) is 4.55. The molecule has 150 valence electrons. The van der Waals surface area contributed by atoms with Gasteiger partial charge in [-0.05, 0) is 24.1 Å². The number of carbonyl (C=O) groups is 1. The molecule has 0 radical (unpaired) electrons. The minimum atomic E-state index is -0.517. The molecule has 3 rings (SSSR count). The number of benzene rings is 2. The zero-order chi connectivity index (χ0) is 21.0. The van der Waals surface area contributed by atoms with E-state index in [4.69, 9.17) is 5.10 Å². The lowest BCUT2D eigenvalue weighted by Crippen LogP contribution is -2.20. The maximum atomic E-state index is 12.2. The fourth-order valence-corrected chi connectivity index (χ4v) is 3.07. The summed E-state index contributed by atoms with van der Waals surface area (Å²) in [6.07, 6.45) is 1.96. The van der Waals surface area contributed by atoms with Crippen molar-refractivity contribution >= 4 is 17.3 Å². The number of amides is 1. The highest BCUT2D eigenvalue weighted by Gasteiger charge is 2.18. The maximum Gasteiger partial charge on any atom is 0.270 e. The van der Waals surface area contributed by atoms with Crippen molar-refractivity contribution in [1.82, 2.24) is 15.1 Å². The van der Waals surface area contributed by atoms with E-state index in [9.17, 15) is 14.9 Å². The molecule has 0 saturated heterocycles. The number of rotatable bonds is 7. The quantitative estimate of drug-likeness (QED) is 0.468. The molecule has 0 fully saturated rings. The van der Waals surface area contributed by atoms with Crippen molar-refractivity contribution in [3.8, 4) is 5.69 Å². The van der Waals surface area contributed by atoms with Crippen molar-refractivity contribution in [2.24, 2.45) is 0 Å². The van der Waals surface area contributed by atoms with Gasteiger partial charge in [-0.25, -0.2) is 4.68 Å². The first kappa shape index (κ1) is 20.1. The number of nitro groups is 1. The first-order valence-corrected chi connectivity index (χ1v) is 9.29. The summed E-state index contributed by atoms with van der Waals surface area (Å²) in [5.74, 6) is -0.174. The van der Waals surface area contributed by atoms with Crippen LogP contribution in [0.5, 0.6) is 0 Å². The second-order valence-corrected chi connectivity index (χ2v) is 6.89. The number of nitrogens with zero attached hydrogens (tertiary/aromatic N) is 3. The second-order valence-electron chi connectivity index (χ2n) is 6.89. The molecule has 8 heteroatoms. The predicted octanol–water partition coefficient (Wildman–Crippen LogP) is 3.88. The number of hydrogen-bond acceptors (Lipinski definition) is 5. The molecule has 1 aromatic heterocycles. The van der Waals surface area contributed by atoms with E-state index < -0.39 is 4.92 Å². The molecule has 0 spiro atoms. The van der Waals surface area contributed by atoms with Gasteiger partial charge in [-0.1, -0.05) is 32.0 Å². The Balaban J connectivity index is 1.90. The van der Waals surface area contributed by atoms with Crippen LogP contribution >= 0.6 is 0 Å². The Labute approximate surface area is 168 Å². The van der Waals surface area contributed by atoms with Crippen molar-refractivity contribution in [1.29, 1.82) is 0 Å². The molecule has 0 unspecified atom stereocenters. The lowest BCUT2D eigenvalue weighted by Gasteiger charge is -2.12. The standard InChI is InChI=1S/C21H23N5O3/c1-14(2)20-15(13-25(24-20)16-7-5-4-6-8-16)12-23-19-10-9-17(26(28)29)11-18(19)21(27)22-3/h4-11,13-14,23H,12H2,1-3H3,(H,22,27). The summed E-state index contributed by atoms with van der Waals surface area (Å²) in [6, 6.07) is 14.0. The van der Waals surface area contributed by atoms with Gasteiger partial charge in [0.05, 0.1) is 21.9 Å². The minimum absolute atomic E-state index is 0.131. The van der Waals surface area contributed by atoms with Crippen LogP contribution in [0.25, 0.3) is 5.69 Å². The van der Waals surface area contributed by atoms with Crippen LogP contribution in [-0.4, -0.2) is 27.7 Å². The Morgan fingerprint density at radius 2 is 1.93 bits per heavy atom. The Hall–Kier alpha value is -3.68. The lowest BCUT2D eigenvalue weighted by molar-refractivity contribution is -0.384. The van der Waals surface area contributed by atoms with E-state index in [1.54, 1.807) is 6.07 Å². The van der Waals surface area contributed by atoms with Gasteiger partial charge in [0.2, 0.25) is 0 Å². The predicted molar refractivity (Wildman–Crippen MR) is 111 cm³/mol. The topological polar surface area (TPSA) is 102 Å². The highest BCUT2D eigenvalue weighted by atomic mass is 16.6. The summed E-state index contributed by atoms with van der Waals surface area (Å²) in [5.41, 5.74) is 3.52. The van der Waals surface area contributed by atoms with E-state index in [0.717, 1.165) is 16.9 Å². The Morgan fingerprint density at radius 3 is 2.55 bits per heavy atom. The highest BCUT2D eigenvalue weighted by Crippen LogP contribution is 2.25. The molecular weight excluding hydrogens is 370 g/mol. The fraction of sp³-hybridized carbons (Fsp3) is 0.238. The van der Waals surface area contributed by atoms with Crippen LogP contribution in [0, 0.1) is 10.1 Å². The van der Waals surface area contributed by atoms with Gasteiger partial charge in [0.1, 0.15) is 0 Å². The highest BCUT2D eigenvalue weighted by molar-refractivity contribution is 6.00. The molecule has 0 aliphatic carbocycles. The van der Waals surface area contributed by atoms with Crippen LogP contribution in [0.4, 0.5) is 11.4 Å². The molecule has 0 saturated carbocycles. The van der Waals surface area contributed by atoms with Gasteiger partial charge in [0.25, 0.3) is 11.6 Å². The van der Waals surface area contributed by atoms with E-state index in [0.29, 0.717) is 12.2 Å². The molecule has 0 aliphatic rings. The van der Waals surface area contributed by atoms with Crippen molar-refractivity contribution in [3.63, 3.8) is 0 Å². The monoisotopic (exact) mass is 393 g/mol. The number of para-hydroxylation sites is 1. The third-order valence-corrected chi connectivity index (χ3v) is 4.55. The Kier molecular flexibility index (Phi) is 5.92. The van der Waals surface area contributed by atoms with Gasteiger partial charge in [-0.15, -0.1) is 0 Å². The molecule has 29 heavy (non-hydrogen) atoms. The van der Waals surface area contributed by atoms with E-state index in [-0.39, 0.29) is 23.1 Å². The van der Waals surface area contributed by atoms with Gasteiger partial charge in [-0.2, -0.15) is 5.10 Å². The number of carbonyl (C=O) groups excluding carboxylic acids is 1. The van der Waals surface area contributed by atoms with Crippen LogP contribution in [0.2, 0.25) is 0 Å². The van der Waals surface area contributed by atoms with Crippen LogP contribution in [0.15, 0.2) is 54.7 Å². The summed E-state index contributed by atoms with van der Waals surface area (Å²) < 4.78 is 1.84. The number of anilines is 1. The molecule has 1 heterocycles. The normalized spacial score (nSPS) is 10.8. The first-order chi connectivity index (χ1) is 13.9. The van der Waals surface area contributed by atoms with Crippen molar-refractivity contribution in [2.45, 2.75) is 26.3 Å². The Bertz CT molecular complexity index is 1030. The average Bonchev–Trinajstić information content (AvgIpc) is 3.16. The zero-order valence-electron chi connectivity index (χ0n) is 16.5. The third kappa shape index (κ3) is 4.43. The lowest BCUT2D eigenvalue weighted by atomic mass is 10.1. The fourth-order valence-electron chi connectivity index (χ4n) is 3.07. The summed E-state index contributed by atoms with van der Waals surface area (Å²) in [4.78, 5) is 22.7. The van der Waals surface area contributed by atoms with Crippen molar-refractivity contribution < 1.29 is 9.72 Å². The molecule has 0 bridgehead atoms. The summed E-state index contributed by atoms with van der Waals surface area (Å²) in [6.45, 7) is 4.58. The number of nitrogens with one attached hydrogen (secondary N) is 2. The number of nitro benzene ring substituents is 1. The maximum absolute atomic E-state index is 12.2. The van der Waals surface area contributed by atoms with E-state index >= 15 is 0 Å². The molecule has 2 aromatic carbocycles. The van der Waals surface area contributed by atoms with Crippen LogP contribution < -0.4 is 10.6 Å². The number of hydrogen-bond donors (Lipinski definition) is 2. The SMILES string of the molecule is CNC(=O)c1cc([N+](=O)[O-])ccc1NCc1cn(-c2ccccc2)nc1C(C)C. The zero-order valence-corrected chi connectivity index (χ0v) is 16.5. The first-order valence-electron chi connectivity index (χ1n) is 9.29. The minimum Gasteiger partial charge on any atom is -0.380 e. The number of non-ortho nitro benzene ring substituents is 1. The van der Waals surface area contributed by atoms with E-state index in [1.807, 2.05) is 41.2 Å². The summed E-state index contributed by atoms with van der Waals surface area (Å²) >= 11 is 0. The summed E-state index contributed by atoms with van der Waals surface area (Å²) in [5, 5.41) is 21.5. The van der Waals surface area contributed by atoms with Crippen LogP contribution in [0.3, 0.4) is 0 Å². The second kappa shape index (κ2) is 8.55. The van der Waals surface area contributed by atoms with Gasteiger partial charge < -0.3 is 10.6 Å². The van der Waals surface area contributed by atoms with Gasteiger partial charge in [-0.3, -0.25) is 14.9 Å². The van der Waals surface area contributed by atoms with Gasteiger partial charge in [0.15, 0.2) is 0 Å². The molecule has 2 N–H and O–H groups in total. The number of aromatic nitrogens is 2. The summed E-state index contributed by atoms with van der Waals surface area (Å²) in [7, 11) is 1.49. The molecule has 3 aromatic rings. The molecule has 1 amide bonds. The van der Waals surface area contributed by atoms with Crippen molar-refractivity contribution in [3.05, 3.63) is 81.7 Å². The average molecular weight is 393 g/mol. The smallest absolute Gasteiger partial charge is 0.270 e. The van der Waals surface area contributed by atoms with Gasteiger partial charge >= 0.3 is 0 Å². The van der Waals surface area contributed by atoms with Crippen molar-refractivity contribution in [2.75, 3.05) is 12.4 Å². The largest absolute Gasteiger partial charge is 0.380 e. The van der Waals surface area contributed by atoms with Gasteiger partial charge in [0, 0.05) is 43.2 Å². The van der Waals surface area contributed by atoms with E-state index in [2.05, 4.69) is 24.5 Å². The molecular formula is C21H23N5O3. The van der Waals surface area contributed by atoms with Crippen LogP contribution in [-0.2, 0) is 6.54 Å². The molecule has 8 nitrogen and oxygen atoms in total. The van der Waals surface area contributed by atoms with E-state index in [1.165, 1.54) is 19.2 Å². The Morgan fingerprint density at radius 1 is 1.21 bits per heavy atom.